The summed E-state index contributed by atoms with van der Waals surface area (Å²) in [6, 6.07) is 14.0. The van der Waals surface area contributed by atoms with Gasteiger partial charge in [-0.15, -0.1) is 0 Å². The number of aromatic nitrogens is 1. The number of aliphatic carboxylic acids is 1. The maximum atomic E-state index is 12.9. The SMILES string of the molecule is COc1ccc2c(c1)c(CC(N)OC(=O)C(=O)O)cn2C(=O)c1ccccc1. The number of fused-ring (bicyclic) bond motifs is 1. The van der Waals surface area contributed by atoms with Gasteiger partial charge in [-0.25, -0.2) is 9.59 Å². The normalized spacial score (nSPS) is 11.8. The summed E-state index contributed by atoms with van der Waals surface area (Å²) >= 11 is 0. The molecule has 0 saturated heterocycles. The largest absolute Gasteiger partial charge is 0.497 e. The number of esters is 1. The molecule has 1 unspecified atom stereocenters. The number of carbonyl (C=O) groups is 3. The fourth-order valence-corrected chi connectivity index (χ4v) is 2.90. The zero-order valence-electron chi connectivity index (χ0n) is 15.0. The predicted octanol–water partition coefficient (Wildman–Crippen LogP) is 1.79. The molecule has 0 saturated carbocycles. The second-order valence-corrected chi connectivity index (χ2v) is 6.03. The second-order valence-electron chi connectivity index (χ2n) is 6.03. The lowest BCUT2D eigenvalue weighted by Crippen LogP contribution is -2.32. The van der Waals surface area contributed by atoms with Gasteiger partial charge in [-0.1, -0.05) is 18.2 Å². The van der Waals surface area contributed by atoms with Gasteiger partial charge in [-0.2, -0.15) is 0 Å². The molecule has 3 aromatic rings. The Morgan fingerprint density at radius 3 is 2.50 bits per heavy atom. The van der Waals surface area contributed by atoms with E-state index in [0.717, 1.165) is 0 Å². The lowest BCUT2D eigenvalue weighted by molar-refractivity contribution is -0.167. The van der Waals surface area contributed by atoms with Crippen LogP contribution in [0.25, 0.3) is 10.9 Å². The van der Waals surface area contributed by atoms with E-state index in [2.05, 4.69) is 4.74 Å². The highest BCUT2D eigenvalue weighted by atomic mass is 16.6. The van der Waals surface area contributed by atoms with Crippen LogP contribution in [0.2, 0.25) is 0 Å². The van der Waals surface area contributed by atoms with E-state index in [4.69, 9.17) is 15.6 Å². The van der Waals surface area contributed by atoms with Crippen molar-refractivity contribution in [2.75, 3.05) is 7.11 Å². The summed E-state index contributed by atoms with van der Waals surface area (Å²) in [6.45, 7) is 0. The third kappa shape index (κ3) is 3.86. The molecule has 2 aromatic carbocycles. The second kappa shape index (κ2) is 7.93. The van der Waals surface area contributed by atoms with E-state index >= 15 is 0 Å². The molecule has 3 rings (SSSR count). The van der Waals surface area contributed by atoms with Gasteiger partial charge in [0.25, 0.3) is 5.91 Å². The molecule has 0 spiro atoms. The van der Waals surface area contributed by atoms with Crippen LogP contribution < -0.4 is 10.5 Å². The first-order valence-corrected chi connectivity index (χ1v) is 8.38. The number of rotatable bonds is 5. The number of carboxylic acid groups (broad SMARTS) is 1. The topological polar surface area (TPSA) is 121 Å². The number of carbonyl (C=O) groups excluding carboxylic acids is 2. The van der Waals surface area contributed by atoms with Crippen LogP contribution in [0.5, 0.6) is 5.75 Å². The smallest absolute Gasteiger partial charge is 0.418 e. The molecule has 8 heteroatoms. The van der Waals surface area contributed by atoms with Crippen molar-refractivity contribution in [2.24, 2.45) is 5.73 Å². The van der Waals surface area contributed by atoms with Gasteiger partial charge >= 0.3 is 11.9 Å². The van der Waals surface area contributed by atoms with E-state index in [1.807, 2.05) is 6.07 Å². The van der Waals surface area contributed by atoms with Crippen molar-refractivity contribution in [1.82, 2.24) is 4.57 Å². The molecule has 28 heavy (non-hydrogen) atoms. The first kappa shape index (κ1) is 19.1. The molecule has 1 atom stereocenters. The van der Waals surface area contributed by atoms with Crippen LogP contribution >= 0.6 is 0 Å². The van der Waals surface area contributed by atoms with Crippen LogP contribution in [0.3, 0.4) is 0 Å². The third-order valence-electron chi connectivity index (χ3n) is 4.19. The number of hydrogen-bond acceptors (Lipinski definition) is 6. The van der Waals surface area contributed by atoms with E-state index < -0.39 is 18.2 Å². The third-order valence-corrected chi connectivity index (χ3v) is 4.19. The minimum atomic E-state index is -1.72. The molecule has 1 aromatic heterocycles. The van der Waals surface area contributed by atoms with Crippen LogP contribution in [0.15, 0.2) is 54.7 Å². The van der Waals surface area contributed by atoms with Gasteiger partial charge in [0.1, 0.15) is 5.75 Å². The number of benzene rings is 2. The molecule has 0 radical (unpaired) electrons. The monoisotopic (exact) mass is 382 g/mol. The van der Waals surface area contributed by atoms with Gasteiger partial charge in [-0.3, -0.25) is 15.1 Å². The highest BCUT2D eigenvalue weighted by Gasteiger charge is 2.21. The molecule has 0 bridgehead atoms. The molecule has 0 aliphatic carbocycles. The first-order chi connectivity index (χ1) is 13.4. The summed E-state index contributed by atoms with van der Waals surface area (Å²) < 4.78 is 11.4. The molecule has 0 amide bonds. The molecule has 0 aliphatic heterocycles. The molecular formula is C20H18N2O6. The average Bonchev–Trinajstić information content (AvgIpc) is 3.05. The zero-order chi connectivity index (χ0) is 20.3. The summed E-state index contributed by atoms with van der Waals surface area (Å²) in [5.41, 5.74) is 7.51. The highest BCUT2D eigenvalue weighted by Crippen LogP contribution is 2.27. The summed E-state index contributed by atoms with van der Waals surface area (Å²) in [7, 11) is 1.52. The van der Waals surface area contributed by atoms with Gasteiger partial charge in [0.2, 0.25) is 0 Å². The number of ether oxygens (including phenoxy) is 2. The molecule has 3 N–H and O–H groups in total. The summed E-state index contributed by atoms with van der Waals surface area (Å²) in [5, 5.41) is 9.33. The number of hydrogen-bond donors (Lipinski definition) is 2. The molecule has 144 valence electrons. The summed E-state index contributed by atoms with van der Waals surface area (Å²) in [4.78, 5) is 34.8. The van der Waals surface area contributed by atoms with Gasteiger partial charge in [0.05, 0.1) is 12.6 Å². The Morgan fingerprint density at radius 1 is 1.14 bits per heavy atom. The van der Waals surface area contributed by atoms with Crippen molar-refractivity contribution in [2.45, 2.75) is 12.6 Å². The van der Waals surface area contributed by atoms with Crippen molar-refractivity contribution in [3.05, 3.63) is 65.9 Å². The van der Waals surface area contributed by atoms with Crippen molar-refractivity contribution in [1.29, 1.82) is 0 Å². The first-order valence-electron chi connectivity index (χ1n) is 8.38. The predicted molar refractivity (Wildman–Crippen MR) is 100 cm³/mol. The number of nitrogens with two attached hydrogens (primary N) is 1. The quantitative estimate of drug-likeness (QED) is 0.392. The van der Waals surface area contributed by atoms with Gasteiger partial charge in [0, 0.05) is 23.6 Å². The average molecular weight is 382 g/mol. The fourth-order valence-electron chi connectivity index (χ4n) is 2.90. The summed E-state index contributed by atoms with van der Waals surface area (Å²) in [5.74, 6) is -2.82. The Balaban J connectivity index is 2.01. The van der Waals surface area contributed by atoms with E-state index in [1.165, 1.54) is 11.7 Å². The molecule has 0 fully saturated rings. The number of methoxy groups -OCH3 is 1. The van der Waals surface area contributed by atoms with E-state index in [-0.39, 0.29) is 12.3 Å². The standard InChI is InChI=1S/C20H18N2O6/c1-27-14-7-8-16-15(10-14)13(9-17(21)28-20(26)19(24)25)11-22(16)18(23)12-5-3-2-4-6-12/h2-8,10-11,17H,9,21H2,1H3,(H,24,25). The van der Waals surface area contributed by atoms with Crippen molar-refractivity contribution >= 4 is 28.7 Å². The van der Waals surface area contributed by atoms with Crippen LogP contribution in [0, 0.1) is 0 Å². The van der Waals surface area contributed by atoms with Crippen LogP contribution in [-0.2, 0) is 20.7 Å². The Morgan fingerprint density at radius 2 is 1.86 bits per heavy atom. The van der Waals surface area contributed by atoms with Gasteiger partial charge in [0.15, 0.2) is 6.23 Å². The van der Waals surface area contributed by atoms with E-state index in [9.17, 15) is 14.4 Å². The molecular weight excluding hydrogens is 364 g/mol. The number of nitrogens with zero attached hydrogens (tertiary/aromatic N) is 1. The minimum Gasteiger partial charge on any atom is -0.497 e. The molecule has 1 heterocycles. The summed E-state index contributed by atoms with van der Waals surface area (Å²) in [6.07, 6.45) is 0.451. The van der Waals surface area contributed by atoms with Gasteiger partial charge in [-0.05, 0) is 35.9 Å². The Bertz CT molecular complexity index is 1040. The Labute approximate surface area is 160 Å². The van der Waals surface area contributed by atoms with Crippen molar-refractivity contribution in [3.63, 3.8) is 0 Å². The minimum absolute atomic E-state index is 0.0256. The van der Waals surface area contributed by atoms with Crippen LogP contribution in [0.1, 0.15) is 15.9 Å². The van der Waals surface area contributed by atoms with E-state index in [0.29, 0.717) is 27.8 Å². The highest BCUT2D eigenvalue weighted by molar-refractivity contribution is 6.28. The Kier molecular flexibility index (Phi) is 5.42. The Hall–Kier alpha value is -3.65. The lowest BCUT2D eigenvalue weighted by atomic mass is 10.1. The molecule has 8 nitrogen and oxygen atoms in total. The van der Waals surface area contributed by atoms with Crippen LogP contribution in [-0.4, -0.2) is 40.9 Å². The maximum absolute atomic E-state index is 12.9. The van der Waals surface area contributed by atoms with Crippen molar-refractivity contribution < 1.29 is 29.0 Å². The fraction of sp³-hybridized carbons (Fsp3) is 0.150. The maximum Gasteiger partial charge on any atom is 0.418 e. The lowest BCUT2D eigenvalue weighted by Gasteiger charge is -2.10. The van der Waals surface area contributed by atoms with Gasteiger partial charge < -0.3 is 14.6 Å². The number of carboxylic acids is 1. The van der Waals surface area contributed by atoms with Crippen LogP contribution in [0.4, 0.5) is 0 Å². The molecule has 0 aliphatic rings. The zero-order valence-corrected chi connectivity index (χ0v) is 15.0. The van der Waals surface area contributed by atoms with E-state index in [1.54, 1.807) is 48.7 Å². The van der Waals surface area contributed by atoms with Crippen molar-refractivity contribution in [3.8, 4) is 5.75 Å².